The Bertz CT molecular complexity index is 399. The highest BCUT2D eigenvalue weighted by Gasteiger charge is 2.06. The number of carbonyl (C=O) groups excluding carboxylic acids is 1. The van der Waals surface area contributed by atoms with Crippen molar-refractivity contribution in [2.45, 2.75) is 26.4 Å². The second-order valence-corrected chi connectivity index (χ2v) is 5.08. The number of hydrogen-bond acceptors (Lipinski definition) is 4. The van der Waals surface area contributed by atoms with Crippen molar-refractivity contribution in [2.75, 3.05) is 13.6 Å². The standard InChI is InChI=1S/C12H18N2O2S/c1-9(15)6-7-14(3)12(16)5-4-11-8-17-10(2)13-11/h4-5,8-9,15H,6-7H2,1-3H3/b5-4+. The van der Waals surface area contributed by atoms with Crippen LogP contribution >= 0.6 is 11.3 Å². The van der Waals surface area contributed by atoms with Crippen LogP contribution in [0.5, 0.6) is 0 Å². The summed E-state index contributed by atoms with van der Waals surface area (Å²) in [6, 6.07) is 0. The van der Waals surface area contributed by atoms with Gasteiger partial charge in [0.1, 0.15) is 0 Å². The molecule has 1 aromatic heterocycles. The van der Waals surface area contributed by atoms with Crippen LogP contribution in [0.25, 0.3) is 6.08 Å². The lowest BCUT2D eigenvalue weighted by Crippen LogP contribution is -2.27. The first-order chi connectivity index (χ1) is 7.99. The van der Waals surface area contributed by atoms with Crippen LogP contribution in [0.2, 0.25) is 0 Å². The van der Waals surface area contributed by atoms with Crippen LogP contribution in [-0.4, -0.2) is 40.6 Å². The van der Waals surface area contributed by atoms with Crippen LogP contribution < -0.4 is 0 Å². The molecular formula is C12H18N2O2S. The fourth-order valence-electron chi connectivity index (χ4n) is 1.23. The number of aromatic nitrogens is 1. The number of hydrogen-bond donors (Lipinski definition) is 1. The van der Waals surface area contributed by atoms with Crippen molar-refractivity contribution < 1.29 is 9.90 Å². The van der Waals surface area contributed by atoms with Crippen molar-refractivity contribution in [1.82, 2.24) is 9.88 Å². The number of rotatable bonds is 5. The zero-order valence-corrected chi connectivity index (χ0v) is 11.2. The Morgan fingerprint density at radius 3 is 2.94 bits per heavy atom. The third-order valence-electron chi connectivity index (χ3n) is 2.29. The Hall–Kier alpha value is -1.20. The molecule has 1 amide bonds. The number of likely N-dealkylation sites (N-methyl/N-ethyl adjacent to an activating group) is 1. The molecule has 0 saturated heterocycles. The molecule has 17 heavy (non-hydrogen) atoms. The van der Waals surface area contributed by atoms with Gasteiger partial charge in [0, 0.05) is 25.0 Å². The van der Waals surface area contributed by atoms with Crippen molar-refractivity contribution in [1.29, 1.82) is 0 Å². The summed E-state index contributed by atoms with van der Waals surface area (Å²) in [6.07, 6.45) is 3.43. The van der Waals surface area contributed by atoms with Crippen LogP contribution in [0.1, 0.15) is 24.0 Å². The minimum absolute atomic E-state index is 0.0729. The number of amides is 1. The summed E-state index contributed by atoms with van der Waals surface area (Å²) in [6.45, 7) is 4.20. The number of aryl methyl sites for hydroxylation is 1. The molecule has 1 rings (SSSR count). The molecule has 5 heteroatoms. The van der Waals surface area contributed by atoms with Crippen molar-refractivity contribution >= 4 is 23.3 Å². The fourth-order valence-corrected chi connectivity index (χ4v) is 1.81. The molecule has 0 fully saturated rings. The largest absolute Gasteiger partial charge is 0.393 e. The van der Waals surface area contributed by atoms with E-state index < -0.39 is 0 Å². The van der Waals surface area contributed by atoms with Gasteiger partial charge in [-0.1, -0.05) is 0 Å². The van der Waals surface area contributed by atoms with E-state index >= 15 is 0 Å². The van der Waals surface area contributed by atoms with Gasteiger partial charge in [-0.05, 0) is 26.3 Å². The number of aliphatic hydroxyl groups excluding tert-OH is 1. The molecule has 4 nitrogen and oxygen atoms in total. The van der Waals surface area contributed by atoms with Crippen LogP contribution in [-0.2, 0) is 4.79 Å². The van der Waals surface area contributed by atoms with Gasteiger partial charge in [-0.2, -0.15) is 0 Å². The maximum Gasteiger partial charge on any atom is 0.246 e. The third-order valence-corrected chi connectivity index (χ3v) is 3.08. The van der Waals surface area contributed by atoms with Gasteiger partial charge >= 0.3 is 0 Å². The lowest BCUT2D eigenvalue weighted by atomic mass is 10.2. The lowest BCUT2D eigenvalue weighted by molar-refractivity contribution is -0.124. The SMILES string of the molecule is Cc1nc(/C=C/C(=O)N(C)CCC(C)O)cs1. The smallest absolute Gasteiger partial charge is 0.246 e. The first-order valence-corrected chi connectivity index (χ1v) is 6.40. The van der Waals surface area contributed by atoms with Gasteiger partial charge in [-0.25, -0.2) is 4.98 Å². The highest BCUT2D eigenvalue weighted by atomic mass is 32.1. The zero-order valence-electron chi connectivity index (χ0n) is 10.4. The highest BCUT2D eigenvalue weighted by molar-refractivity contribution is 7.09. The van der Waals surface area contributed by atoms with E-state index in [1.807, 2.05) is 12.3 Å². The van der Waals surface area contributed by atoms with E-state index in [1.165, 1.54) is 6.08 Å². The number of aliphatic hydroxyl groups is 1. The molecular weight excluding hydrogens is 236 g/mol. The Morgan fingerprint density at radius 1 is 1.71 bits per heavy atom. The predicted octanol–water partition coefficient (Wildman–Crippen LogP) is 1.69. The molecule has 1 heterocycles. The van der Waals surface area contributed by atoms with Crippen molar-refractivity contribution in [2.24, 2.45) is 0 Å². The first kappa shape index (κ1) is 13.9. The Labute approximate surface area is 106 Å². The number of carbonyl (C=O) groups is 1. The van der Waals surface area contributed by atoms with Crippen LogP contribution in [0.15, 0.2) is 11.5 Å². The average molecular weight is 254 g/mol. The van der Waals surface area contributed by atoms with Gasteiger partial charge in [0.05, 0.1) is 16.8 Å². The van der Waals surface area contributed by atoms with Gasteiger partial charge in [-0.15, -0.1) is 11.3 Å². The normalized spacial score (nSPS) is 12.9. The zero-order chi connectivity index (χ0) is 12.8. The van der Waals surface area contributed by atoms with Crippen molar-refractivity contribution in [3.63, 3.8) is 0 Å². The summed E-state index contributed by atoms with van der Waals surface area (Å²) in [5, 5.41) is 12.0. The summed E-state index contributed by atoms with van der Waals surface area (Å²) in [4.78, 5) is 17.5. The van der Waals surface area contributed by atoms with E-state index in [2.05, 4.69) is 4.98 Å². The molecule has 0 aromatic carbocycles. The second-order valence-electron chi connectivity index (χ2n) is 4.02. The molecule has 0 saturated carbocycles. The van der Waals surface area contributed by atoms with E-state index in [4.69, 9.17) is 5.11 Å². The summed E-state index contributed by atoms with van der Waals surface area (Å²) in [5.41, 5.74) is 0.810. The monoisotopic (exact) mass is 254 g/mol. The quantitative estimate of drug-likeness (QED) is 0.814. The van der Waals surface area contributed by atoms with Gasteiger partial charge in [0.25, 0.3) is 0 Å². The van der Waals surface area contributed by atoms with Crippen LogP contribution in [0.4, 0.5) is 0 Å². The Kier molecular flexibility index (Phi) is 5.31. The van der Waals surface area contributed by atoms with E-state index in [0.29, 0.717) is 13.0 Å². The van der Waals surface area contributed by atoms with Crippen LogP contribution in [0, 0.1) is 6.92 Å². The molecule has 1 N–H and O–H groups in total. The molecule has 0 spiro atoms. The van der Waals surface area contributed by atoms with Gasteiger partial charge in [0.2, 0.25) is 5.91 Å². The van der Waals surface area contributed by atoms with Crippen LogP contribution in [0.3, 0.4) is 0 Å². The Morgan fingerprint density at radius 2 is 2.41 bits per heavy atom. The molecule has 1 unspecified atom stereocenters. The molecule has 0 aliphatic heterocycles. The second kappa shape index (κ2) is 6.51. The van der Waals surface area contributed by atoms with Gasteiger partial charge in [-0.3, -0.25) is 4.79 Å². The fraction of sp³-hybridized carbons (Fsp3) is 0.500. The Balaban J connectivity index is 2.45. The number of nitrogens with zero attached hydrogens (tertiary/aromatic N) is 2. The van der Waals surface area contributed by atoms with E-state index in [1.54, 1.807) is 36.3 Å². The van der Waals surface area contributed by atoms with Gasteiger partial charge in [0.15, 0.2) is 0 Å². The maximum absolute atomic E-state index is 11.7. The summed E-state index contributed by atoms with van der Waals surface area (Å²) in [5.74, 6) is -0.0729. The van der Waals surface area contributed by atoms with E-state index in [-0.39, 0.29) is 12.0 Å². The summed E-state index contributed by atoms with van der Waals surface area (Å²) in [7, 11) is 1.72. The van der Waals surface area contributed by atoms with Gasteiger partial charge < -0.3 is 10.0 Å². The third kappa shape index (κ3) is 5.10. The lowest BCUT2D eigenvalue weighted by Gasteiger charge is -2.15. The minimum Gasteiger partial charge on any atom is -0.393 e. The summed E-state index contributed by atoms with van der Waals surface area (Å²) >= 11 is 1.56. The molecule has 1 atom stereocenters. The first-order valence-electron chi connectivity index (χ1n) is 5.52. The molecule has 0 radical (unpaired) electrons. The average Bonchev–Trinajstić information content (AvgIpc) is 2.68. The maximum atomic E-state index is 11.7. The van der Waals surface area contributed by atoms with Crippen molar-refractivity contribution in [3.8, 4) is 0 Å². The predicted molar refractivity (Wildman–Crippen MR) is 69.8 cm³/mol. The number of thiazole rings is 1. The molecule has 0 bridgehead atoms. The summed E-state index contributed by atoms with van der Waals surface area (Å²) < 4.78 is 0. The molecule has 1 aromatic rings. The molecule has 94 valence electrons. The van der Waals surface area contributed by atoms with E-state index in [0.717, 1.165) is 10.7 Å². The molecule has 0 aliphatic rings. The minimum atomic E-state index is -0.379. The van der Waals surface area contributed by atoms with Crippen molar-refractivity contribution in [3.05, 3.63) is 22.2 Å². The molecule has 0 aliphatic carbocycles. The van der Waals surface area contributed by atoms with E-state index in [9.17, 15) is 4.79 Å². The topological polar surface area (TPSA) is 53.4 Å². The highest BCUT2D eigenvalue weighted by Crippen LogP contribution is 2.09.